The molecule has 2 rings (SSSR count). The summed E-state index contributed by atoms with van der Waals surface area (Å²) in [5.41, 5.74) is 3.58. The number of methoxy groups -OCH3 is 2. The van der Waals surface area contributed by atoms with Gasteiger partial charge in [-0.1, -0.05) is 0 Å². The second kappa shape index (κ2) is 9.75. The number of benzene rings is 2. The summed E-state index contributed by atoms with van der Waals surface area (Å²) in [5.74, 6) is 1.50. The Morgan fingerprint density at radius 1 is 1.13 bits per heavy atom. The molecule has 0 aliphatic rings. The van der Waals surface area contributed by atoms with Crippen LogP contribution in [0.4, 0.5) is 5.69 Å². The number of anilines is 1. The minimum atomic E-state index is -0.296. The standard InChI is InChI=1S/C17H18NO2.ClH.Pb.Ru/c1-13-10-16(19-3)17(20-4)11-14(13)12-18(2)15-8-6-5-7-9-15;;;/h1,5-11H,2,12H2,3-4H3;1H;;/q;;;+1/p-1. The first kappa shape index (κ1) is 18.9. The first-order chi connectivity index (χ1) is 11.2. The van der Waals surface area contributed by atoms with E-state index in [1.807, 2.05) is 12.1 Å². The van der Waals surface area contributed by atoms with E-state index in [9.17, 15) is 0 Å². The summed E-state index contributed by atoms with van der Waals surface area (Å²) >= 11 is 0.810. The van der Waals surface area contributed by atoms with E-state index in [0.717, 1.165) is 53.5 Å². The van der Waals surface area contributed by atoms with Gasteiger partial charge in [0.15, 0.2) is 0 Å². The molecule has 0 aliphatic carbocycles. The van der Waals surface area contributed by atoms with E-state index in [-0.39, 0.29) is 15.7 Å². The Labute approximate surface area is 164 Å². The van der Waals surface area contributed by atoms with Crippen molar-refractivity contribution in [1.29, 1.82) is 0 Å². The Morgan fingerprint density at radius 3 is 2.35 bits per heavy atom. The summed E-state index contributed by atoms with van der Waals surface area (Å²) in [4.78, 5) is 2.38. The third kappa shape index (κ3) is 5.01. The molecule has 2 aromatic carbocycles. The zero-order valence-electron chi connectivity index (χ0n) is 13.0. The van der Waals surface area contributed by atoms with Gasteiger partial charge >= 0.3 is 166 Å². The fraction of sp³-hybridized carbons (Fsp3) is 0.235. The Bertz CT molecular complexity index is 667. The molecule has 122 valence electrons. The van der Waals surface area contributed by atoms with Crippen LogP contribution < -0.4 is 14.4 Å². The second-order valence-electron chi connectivity index (χ2n) is 4.78. The molecule has 0 bridgehead atoms. The molecule has 0 saturated heterocycles. The summed E-state index contributed by atoms with van der Waals surface area (Å²) in [7, 11) is 9.34. The van der Waals surface area contributed by atoms with Crippen LogP contribution in [0.3, 0.4) is 0 Å². The van der Waals surface area contributed by atoms with Crippen LogP contribution in [-0.4, -0.2) is 48.7 Å². The number of ether oxygens (including phenoxy) is 2. The third-order valence-electron chi connectivity index (χ3n) is 3.47. The van der Waals surface area contributed by atoms with Crippen molar-refractivity contribution in [2.75, 3.05) is 23.2 Å². The number of halogens is 1. The molecule has 0 amide bonds. The summed E-state index contributed by atoms with van der Waals surface area (Å²) in [6, 6.07) is 14.6. The monoisotopic (exact) mass is 613 g/mol. The van der Waals surface area contributed by atoms with Gasteiger partial charge in [-0.15, -0.1) is 0 Å². The fourth-order valence-electron chi connectivity index (χ4n) is 2.29. The topological polar surface area (TPSA) is 21.7 Å². The molecule has 0 atom stereocenters. The molecule has 2 aromatic rings. The van der Waals surface area contributed by atoms with Crippen LogP contribution in [0.25, 0.3) is 0 Å². The van der Waals surface area contributed by atoms with E-state index in [1.165, 1.54) is 11.3 Å². The van der Waals surface area contributed by atoms with Crippen LogP contribution in [0.15, 0.2) is 42.5 Å². The quantitative estimate of drug-likeness (QED) is 0.449. The molecule has 0 aromatic heterocycles. The van der Waals surface area contributed by atoms with E-state index in [2.05, 4.69) is 39.8 Å². The van der Waals surface area contributed by atoms with E-state index in [0.29, 0.717) is 0 Å². The van der Waals surface area contributed by atoms with Crippen molar-refractivity contribution in [3.63, 3.8) is 0 Å². The van der Waals surface area contributed by atoms with Crippen LogP contribution in [0, 0.1) is 0 Å². The van der Waals surface area contributed by atoms with Crippen molar-refractivity contribution < 1.29 is 25.2 Å². The molecule has 3 radical (unpaired) electrons. The zero-order valence-corrected chi connectivity index (χ0v) is 19.4. The maximum atomic E-state index is 6.02. The van der Waals surface area contributed by atoms with Gasteiger partial charge in [0, 0.05) is 0 Å². The van der Waals surface area contributed by atoms with Gasteiger partial charge in [0.1, 0.15) is 0 Å². The zero-order chi connectivity index (χ0) is 16.7. The number of nitrogens with zero attached hydrogens (tertiary/aromatic N) is 1. The molecule has 3 nitrogen and oxygen atoms in total. The molecule has 6 heteroatoms. The Morgan fingerprint density at radius 2 is 1.78 bits per heavy atom. The van der Waals surface area contributed by atoms with Crippen molar-refractivity contribution in [1.82, 2.24) is 0 Å². The van der Waals surface area contributed by atoms with Crippen LogP contribution >= 0.6 is 9.69 Å². The van der Waals surface area contributed by atoms with Crippen molar-refractivity contribution in [2.24, 2.45) is 0 Å². The molecule has 0 saturated carbocycles. The van der Waals surface area contributed by atoms with Crippen molar-refractivity contribution in [3.8, 4) is 11.5 Å². The van der Waals surface area contributed by atoms with Crippen molar-refractivity contribution in [2.45, 2.75) is 6.54 Å². The molecule has 0 fully saturated rings. The number of hydrogen-bond acceptors (Lipinski definition) is 3. The van der Waals surface area contributed by atoms with Gasteiger partial charge in [0.05, 0.1) is 0 Å². The average molecular weight is 612 g/mol. The van der Waals surface area contributed by atoms with Crippen LogP contribution in [0.5, 0.6) is 11.5 Å². The first-order valence-electron chi connectivity index (χ1n) is 6.98. The van der Waals surface area contributed by atoms with Gasteiger partial charge in [0.2, 0.25) is 0 Å². The SMILES string of the molecule is COc1cc([CH]=[Ru][Cl])c(CN([CH2][Pb])c2ccccc2)cc1OC. The van der Waals surface area contributed by atoms with Gasteiger partial charge < -0.3 is 0 Å². The van der Waals surface area contributed by atoms with Crippen LogP contribution in [0.1, 0.15) is 11.1 Å². The average Bonchev–Trinajstić information content (AvgIpc) is 2.61. The minimum absolute atomic E-state index is 0.296. The second-order valence-corrected chi connectivity index (χ2v) is 7.80. The van der Waals surface area contributed by atoms with Gasteiger partial charge in [-0.2, -0.15) is 0 Å². The molecule has 0 unspecified atom stereocenters. The Kier molecular flexibility index (Phi) is 8.00. The van der Waals surface area contributed by atoms with E-state index < -0.39 is 0 Å². The molecular formula is C17H18ClNO2PbRu. The van der Waals surface area contributed by atoms with E-state index >= 15 is 0 Å². The van der Waals surface area contributed by atoms with E-state index in [1.54, 1.807) is 14.2 Å². The van der Waals surface area contributed by atoms with Gasteiger partial charge in [-0.05, 0) is 0 Å². The molecule has 0 N–H and O–H groups in total. The Balaban J connectivity index is 2.40. The van der Waals surface area contributed by atoms with Gasteiger partial charge in [0.25, 0.3) is 0 Å². The van der Waals surface area contributed by atoms with Gasteiger partial charge in [-0.25, -0.2) is 0 Å². The summed E-state index contributed by atoms with van der Waals surface area (Å²) in [5, 5.41) is 0. The van der Waals surface area contributed by atoms with Crippen molar-refractivity contribution >= 4 is 45.8 Å². The predicted octanol–water partition coefficient (Wildman–Crippen LogP) is 3.22. The molecule has 23 heavy (non-hydrogen) atoms. The summed E-state index contributed by atoms with van der Waals surface area (Å²) < 4.78 is 14.0. The molecule has 0 heterocycles. The normalized spacial score (nSPS) is 11.1. The predicted molar refractivity (Wildman–Crippen MR) is 93.8 cm³/mol. The number of para-hydroxylation sites is 1. The molecule has 0 aliphatic heterocycles. The van der Waals surface area contributed by atoms with Crippen molar-refractivity contribution in [3.05, 3.63) is 53.6 Å². The summed E-state index contributed by atoms with van der Waals surface area (Å²) in [6.45, 7) is 0.830. The molecular weight excluding hydrogens is 594 g/mol. The molecule has 0 spiro atoms. The van der Waals surface area contributed by atoms with Crippen LogP contribution in [0.2, 0.25) is 0 Å². The maximum absolute atomic E-state index is 6.02. The summed E-state index contributed by atoms with van der Waals surface area (Å²) in [6.07, 6.45) is 0. The first-order valence-corrected chi connectivity index (χ1v) is 13.0. The number of hydrogen-bond donors (Lipinski definition) is 0. The van der Waals surface area contributed by atoms with Crippen LogP contribution in [-0.2, 0) is 22.2 Å². The van der Waals surface area contributed by atoms with Gasteiger partial charge in [-0.3, -0.25) is 0 Å². The number of rotatable bonds is 7. The third-order valence-corrected chi connectivity index (χ3v) is 6.14. The van der Waals surface area contributed by atoms with E-state index in [4.69, 9.17) is 19.2 Å². The fourth-order valence-corrected chi connectivity index (χ4v) is 4.60. The Hall–Kier alpha value is -0.455.